The van der Waals surface area contributed by atoms with Crippen molar-refractivity contribution in [3.05, 3.63) is 20.8 Å². The quantitative estimate of drug-likeness (QED) is 0.781. The minimum Gasteiger partial charge on any atom is -0.383 e. The molecule has 1 aliphatic heterocycles. The van der Waals surface area contributed by atoms with E-state index in [-0.39, 0.29) is 24.0 Å². The van der Waals surface area contributed by atoms with Crippen LogP contribution in [0.15, 0.2) is 9.59 Å². The molecule has 25 heavy (non-hydrogen) atoms. The number of amides is 1. The van der Waals surface area contributed by atoms with Gasteiger partial charge in [-0.15, -0.1) is 0 Å². The lowest BCUT2D eigenvalue weighted by Gasteiger charge is -2.32. The summed E-state index contributed by atoms with van der Waals surface area (Å²) >= 11 is 0. The topological polar surface area (TPSA) is 104 Å². The lowest BCUT2D eigenvalue weighted by molar-refractivity contribution is -0.131. The van der Waals surface area contributed by atoms with E-state index in [9.17, 15) is 14.4 Å². The minimum atomic E-state index is -0.558. The Hall–Kier alpha value is -2.25. The number of nitrogens with two attached hydrogens (primary N) is 1. The van der Waals surface area contributed by atoms with Crippen molar-refractivity contribution in [2.24, 2.45) is 5.92 Å². The second kappa shape index (κ2) is 8.22. The maximum Gasteiger partial charge on any atom is 0.330 e. The van der Waals surface area contributed by atoms with E-state index in [4.69, 9.17) is 5.73 Å². The van der Waals surface area contributed by atoms with Crippen LogP contribution in [0.4, 0.5) is 11.5 Å². The van der Waals surface area contributed by atoms with Crippen LogP contribution in [0.1, 0.15) is 39.5 Å². The van der Waals surface area contributed by atoms with E-state index in [1.807, 2.05) is 11.8 Å². The van der Waals surface area contributed by atoms with Gasteiger partial charge in [-0.25, -0.2) is 4.79 Å². The number of nitrogen functional groups attached to an aromatic ring is 1. The van der Waals surface area contributed by atoms with Crippen LogP contribution in [0, 0.1) is 5.92 Å². The highest BCUT2D eigenvalue weighted by atomic mass is 16.2. The fourth-order valence-corrected chi connectivity index (χ4v) is 3.28. The van der Waals surface area contributed by atoms with Gasteiger partial charge in [0.15, 0.2) is 0 Å². The lowest BCUT2D eigenvalue weighted by Crippen LogP contribution is -2.45. The van der Waals surface area contributed by atoms with Crippen LogP contribution in [-0.2, 0) is 11.3 Å². The van der Waals surface area contributed by atoms with Crippen molar-refractivity contribution in [3.8, 4) is 0 Å². The molecule has 3 N–H and O–H groups in total. The van der Waals surface area contributed by atoms with Gasteiger partial charge in [-0.3, -0.25) is 19.1 Å². The molecule has 8 nitrogen and oxygen atoms in total. The van der Waals surface area contributed by atoms with Gasteiger partial charge in [-0.2, -0.15) is 0 Å². The first-order chi connectivity index (χ1) is 11.8. The molecule has 8 heteroatoms. The molecule has 2 heterocycles. The van der Waals surface area contributed by atoms with Gasteiger partial charge >= 0.3 is 5.69 Å². The number of hydrogen-bond acceptors (Lipinski definition) is 5. The molecule has 1 amide bonds. The van der Waals surface area contributed by atoms with Gasteiger partial charge in [0.1, 0.15) is 11.5 Å². The number of piperidine rings is 1. The average molecular weight is 351 g/mol. The monoisotopic (exact) mass is 351 g/mol. The molecule has 2 rings (SSSR count). The summed E-state index contributed by atoms with van der Waals surface area (Å²) in [5.74, 6) is 0.580. The zero-order chi connectivity index (χ0) is 18.6. The van der Waals surface area contributed by atoms with E-state index in [1.165, 1.54) is 9.47 Å². The van der Waals surface area contributed by atoms with Gasteiger partial charge in [0, 0.05) is 26.7 Å². The third kappa shape index (κ3) is 4.43. The number of aromatic nitrogens is 2. The van der Waals surface area contributed by atoms with Crippen molar-refractivity contribution in [1.29, 1.82) is 0 Å². The number of aromatic amines is 1. The van der Waals surface area contributed by atoms with Gasteiger partial charge in [0.2, 0.25) is 5.91 Å². The molecular weight excluding hydrogens is 322 g/mol. The van der Waals surface area contributed by atoms with Crippen molar-refractivity contribution in [1.82, 2.24) is 14.5 Å². The number of likely N-dealkylation sites (tertiary alicyclic amines) is 1. The Balaban J connectivity index is 2.20. The van der Waals surface area contributed by atoms with E-state index in [1.54, 1.807) is 7.05 Å². The molecule has 0 spiro atoms. The first-order valence-corrected chi connectivity index (χ1v) is 8.96. The molecule has 0 saturated carbocycles. The number of hydrogen-bond donors (Lipinski definition) is 2. The number of carbonyl (C=O) groups excluding carboxylic acids is 1. The fourth-order valence-electron chi connectivity index (χ4n) is 3.28. The standard InChI is InChI=1S/C17H29N5O3/c1-4-5-9-22-15(18)14(16(24)19-17(22)25)20(3)11-13(23)21-8-6-7-12(2)10-21/h12H,4-11,18H2,1-3H3,(H,19,24,25). The third-order valence-electron chi connectivity index (χ3n) is 4.71. The average Bonchev–Trinajstić information content (AvgIpc) is 2.54. The highest BCUT2D eigenvalue weighted by Gasteiger charge is 2.24. The molecule has 0 aliphatic carbocycles. The van der Waals surface area contributed by atoms with Crippen LogP contribution < -0.4 is 21.9 Å². The maximum absolute atomic E-state index is 12.5. The van der Waals surface area contributed by atoms with Crippen molar-refractivity contribution in [2.45, 2.75) is 46.1 Å². The third-order valence-corrected chi connectivity index (χ3v) is 4.71. The molecule has 1 unspecified atom stereocenters. The van der Waals surface area contributed by atoms with Gasteiger partial charge < -0.3 is 15.5 Å². The normalized spacial score (nSPS) is 17.6. The summed E-state index contributed by atoms with van der Waals surface area (Å²) in [7, 11) is 1.65. The lowest BCUT2D eigenvalue weighted by atomic mass is 10.0. The van der Waals surface area contributed by atoms with Crippen LogP contribution >= 0.6 is 0 Å². The van der Waals surface area contributed by atoms with Crippen LogP contribution in [-0.4, -0.2) is 47.0 Å². The number of anilines is 2. The van der Waals surface area contributed by atoms with Gasteiger partial charge in [0.05, 0.1) is 6.54 Å². The minimum absolute atomic E-state index is 0.0286. The molecule has 1 aromatic heterocycles. The number of carbonyl (C=O) groups is 1. The maximum atomic E-state index is 12.5. The highest BCUT2D eigenvalue weighted by Crippen LogP contribution is 2.18. The van der Waals surface area contributed by atoms with E-state index >= 15 is 0 Å². The zero-order valence-electron chi connectivity index (χ0n) is 15.4. The van der Waals surface area contributed by atoms with Crippen molar-refractivity contribution in [2.75, 3.05) is 37.3 Å². The second-order valence-corrected chi connectivity index (χ2v) is 6.94. The molecule has 1 saturated heterocycles. The largest absolute Gasteiger partial charge is 0.383 e. The molecule has 1 aromatic rings. The first-order valence-electron chi connectivity index (χ1n) is 8.96. The smallest absolute Gasteiger partial charge is 0.330 e. The van der Waals surface area contributed by atoms with Gasteiger partial charge in [-0.1, -0.05) is 20.3 Å². The molecule has 0 aromatic carbocycles. The summed E-state index contributed by atoms with van der Waals surface area (Å²) in [6, 6.07) is 0. The summed E-state index contributed by atoms with van der Waals surface area (Å²) in [5, 5.41) is 0. The Labute approximate surface area is 147 Å². The van der Waals surface area contributed by atoms with Crippen LogP contribution in [0.3, 0.4) is 0 Å². The number of H-pyrrole nitrogens is 1. The summed E-state index contributed by atoms with van der Waals surface area (Å²) in [6.45, 7) is 6.14. The van der Waals surface area contributed by atoms with Crippen LogP contribution in [0.2, 0.25) is 0 Å². The summed E-state index contributed by atoms with van der Waals surface area (Å²) < 4.78 is 1.37. The zero-order valence-corrected chi connectivity index (χ0v) is 15.4. The Morgan fingerprint density at radius 2 is 2.12 bits per heavy atom. The Morgan fingerprint density at radius 1 is 1.40 bits per heavy atom. The van der Waals surface area contributed by atoms with Crippen LogP contribution in [0.25, 0.3) is 0 Å². The molecular formula is C17H29N5O3. The highest BCUT2D eigenvalue weighted by molar-refractivity contribution is 5.82. The van der Waals surface area contributed by atoms with Gasteiger partial charge in [-0.05, 0) is 25.2 Å². The predicted molar refractivity (Wildman–Crippen MR) is 98.9 cm³/mol. The predicted octanol–water partition coefficient (Wildman–Crippen LogP) is 0.614. The van der Waals surface area contributed by atoms with Crippen LogP contribution in [0.5, 0.6) is 0 Å². The number of likely N-dealkylation sites (N-methyl/N-ethyl adjacent to an activating group) is 1. The Morgan fingerprint density at radius 3 is 2.76 bits per heavy atom. The molecule has 1 atom stereocenters. The summed E-state index contributed by atoms with van der Waals surface area (Å²) in [5.41, 5.74) is 5.19. The summed E-state index contributed by atoms with van der Waals surface area (Å²) in [6.07, 6.45) is 3.82. The SMILES string of the molecule is CCCCn1c(N)c(N(C)CC(=O)N2CCCC(C)C2)c(=O)[nH]c1=O. The fraction of sp³-hybridized carbons (Fsp3) is 0.706. The van der Waals surface area contributed by atoms with Crippen molar-refractivity contribution < 1.29 is 4.79 Å². The number of unbranched alkanes of at least 4 members (excludes halogenated alkanes) is 1. The Bertz CT molecular complexity index is 724. The van der Waals surface area contributed by atoms with E-state index in [2.05, 4.69) is 11.9 Å². The van der Waals surface area contributed by atoms with Gasteiger partial charge in [0.25, 0.3) is 5.56 Å². The number of nitrogens with one attached hydrogen (secondary N) is 1. The number of nitrogens with zero attached hydrogens (tertiary/aromatic N) is 3. The van der Waals surface area contributed by atoms with Crippen molar-refractivity contribution in [3.63, 3.8) is 0 Å². The molecule has 140 valence electrons. The number of rotatable bonds is 6. The van der Waals surface area contributed by atoms with E-state index < -0.39 is 11.2 Å². The first kappa shape index (κ1) is 19.1. The summed E-state index contributed by atoms with van der Waals surface area (Å²) in [4.78, 5) is 42.4. The molecule has 1 fully saturated rings. The van der Waals surface area contributed by atoms with E-state index in [0.29, 0.717) is 12.5 Å². The van der Waals surface area contributed by atoms with E-state index in [0.717, 1.165) is 38.8 Å². The molecule has 1 aliphatic rings. The Kier molecular flexibility index (Phi) is 6.27. The molecule has 0 bridgehead atoms. The second-order valence-electron chi connectivity index (χ2n) is 6.94. The van der Waals surface area contributed by atoms with Crippen molar-refractivity contribution >= 4 is 17.4 Å². The molecule has 0 radical (unpaired) electrons.